The van der Waals surface area contributed by atoms with E-state index in [0.717, 1.165) is 43.8 Å². The van der Waals surface area contributed by atoms with E-state index < -0.39 is 5.60 Å². The van der Waals surface area contributed by atoms with Gasteiger partial charge in [0.15, 0.2) is 5.60 Å². The molecule has 0 atom stereocenters. The Kier molecular flexibility index (Phi) is 3.09. The summed E-state index contributed by atoms with van der Waals surface area (Å²) in [6.07, 6.45) is 1.63. The van der Waals surface area contributed by atoms with Gasteiger partial charge in [0.05, 0.1) is 5.56 Å². The summed E-state index contributed by atoms with van der Waals surface area (Å²) < 4.78 is 6.02. The van der Waals surface area contributed by atoms with E-state index in [1.165, 1.54) is 0 Å². The zero-order valence-electron chi connectivity index (χ0n) is 11.7. The van der Waals surface area contributed by atoms with Crippen LogP contribution in [0.5, 0.6) is 5.75 Å². The fraction of sp³-hybridized carbons (Fsp3) is 0.562. The molecule has 2 aliphatic heterocycles. The van der Waals surface area contributed by atoms with Gasteiger partial charge >= 0.3 is 0 Å². The highest BCUT2D eigenvalue weighted by molar-refractivity contribution is 6.07. The lowest BCUT2D eigenvalue weighted by atomic mass is 9.85. The Morgan fingerprint density at radius 1 is 1.26 bits per heavy atom. The van der Waals surface area contributed by atoms with Gasteiger partial charge in [-0.2, -0.15) is 0 Å². The average Bonchev–Trinajstić information content (AvgIpc) is 2.66. The van der Waals surface area contributed by atoms with Crippen LogP contribution in [-0.4, -0.2) is 35.9 Å². The molecule has 0 bridgehead atoms. The molecule has 1 fully saturated rings. The second-order valence-corrected chi connectivity index (χ2v) is 6.12. The number of rotatable bonds is 2. The number of ketones is 1. The van der Waals surface area contributed by atoms with Crippen molar-refractivity contribution >= 4 is 5.78 Å². The zero-order valence-corrected chi connectivity index (χ0v) is 11.7. The smallest absolute Gasteiger partial charge is 0.210 e. The van der Waals surface area contributed by atoms with Crippen molar-refractivity contribution < 1.29 is 9.53 Å². The molecule has 0 N–H and O–H groups in total. The molecule has 102 valence electrons. The molecular weight excluding hydrogens is 238 g/mol. The highest BCUT2D eigenvalue weighted by Crippen LogP contribution is 2.40. The van der Waals surface area contributed by atoms with Crippen molar-refractivity contribution in [3.05, 3.63) is 29.8 Å². The van der Waals surface area contributed by atoms with Crippen molar-refractivity contribution in [3.63, 3.8) is 0 Å². The number of hydrogen-bond donors (Lipinski definition) is 0. The Bertz CT molecular complexity index is 487. The standard InChI is InChI=1S/C16H21NO2/c1-12(2)11-17-9-7-16(8-10-17)15(18)13-5-3-4-6-14(13)19-16/h3-6,12H,7-11H2,1-2H3. The molecule has 0 radical (unpaired) electrons. The minimum absolute atomic E-state index is 0.187. The van der Waals surface area contributed by atoms with Crippen LogP contribution in [0.4, 0.5) is 0 Å². The fourth-order valence-corrected chi connectivity index (χ4v) is 3.19. The van der Waals surface area contributed by atoms with E-state index in [2.05, 4.69) is 18.7 Å². The van der Waals surface area contributed by atoms with Crippen LogP contribution in [-0.2, 0) is 0 Å². The highest BCUT2D eigenvalue weighted by atomic mass is 16.5. The van der Waals surface area contributed by atoms with E-state index in [1.807, 2.05) is 24.3 Å². The molecule has 0 saturated carbocycles. The Balaban J connectivity index is 1.74. The van der Waals surface area contributed by atoms with Crippen LogP contribution in [0, 0.1) is 5.92 Å². The molecule has 2 aliphatic rings. The van der Waals surface area contributed by atoms with Crippen molar-refractivity contribution in [2.45, 2.75) is 32.3 Å². The first kappa shape index (κ1) is 12.7. The molecule has 1 saturated heterocycles. The molecule has 0 unspecified atom stereocenters. The van der Waals surface area contributed by atoms with Crippen molar-refractivity contribution in [1.29, 1.82) is 0 Å². The summed E-state index contributed by atoms with van der Waals surface area (Å²) in [5, 5.41) is 0. The summed E-state index contributed by atoms with van der Waals surface area (Å²) in [6, 6.07) is 7.63. The molecule has 1 aromatic carbocycles. The Hall–Kier alpha value is -1.35. The molecule has 3 nitrogen and oxygen atoms in total. The third-order valence-electron chi connectivity index (χ3n) is 4.14. The molecule has 1 spiro atoms. The Morgan fingerprint density at radius 3 is 2.58 bits per heavy atom. The lowest BCUT2D eigenvalue weighted by molar-refractivity contribution is 0.0184. The summed E-state index contributed by atoms with van der Waals surface area (Å²) in [7, 11) is 0. The number of piperidine rings is 1. The topological polar surface area (TPSA) is 29.5 Å². The summed E-state index contributed by atoms with van der Waals surface area (Å²) in [5.41, 5.74) is 0.191. The third kappa shape index (κ3) is 2.16. The van der Waals surface area contributed by atoms with Gasteiger partial charge in [0, 0.05) is 32.5 Å². The minimum Gasteiger partial charge on any atom is -0.478 e. The van der Waals surface area contributed by atoms with Gasteiger partial charge in [-0.15, -0.1) is 0 Å². The minimum atomic E-state index is -0.572. The van der Waals surface area contributed by atoms with Crippen LogP contribution in [0.3, 0.4) is 0 Å². The molecular formula is C16H21NO2. The van der Waals surface area contributed by atoms with E-state index in [9.17, 15) is 4.79 Å². The maximum atomic E-state index is 12.6. The number of Topliss-reactive ketones (excluding diaryl/α,β-unsaturated/α-hetero) is 1. The van der Waals surface area contributed by atoms with Gasteiger partial charge in [-0.25, -0.2) is 0 Å². The number of para-hydroxylation sites is 1. The van der Waals surface area contributed by atoms with Crippen LogP contribution in [0.1, 0.15) is 37.0 Å². The predicted octanol–water partition coefficient (Wildman–Crippen LogP) is 2.75. The predicted molar refractivity (Wildman–Crippen MR) is 74.6 cm³/mol. The SMILES string of the molecule is CC(C)CN1CCC2(CC1)Oc1ccccc1C2=O. The van der Waals surface area contributed by atoms with Gasteiger partial charge in [-0.3, -0.25) is 4.79 Å². The van der Waals surface area contributed by atoms with Crippen LogP contribution < -0.4 is 4.74 Å². The molecule has 0 aromatic heterocycles. The summed E-state index contributed by atoms with van der Waals surface area (Å²) >= 11 is 0. The normalized spacial score (nSPS) is 21.7. The number of hydrogen-bond acceptors (Lipinski definition) is 3. The number of carbonyl (C=O) groups excluding carboxylic acids is 1. The third-order valence-corrected chi connectivity index (χ3v) is 4.14. The molecule has 0 aliphatic carbocycles. The van der Waals surface area contributed by atoms with Gasteiger partial charge in [0.2, 0.25) is 5.78 Å². The molecule has 0 amide bonds. The van der Waals surface area contributed by atoms with E-state index in [-0.39, 0.29) is 5.78 Å². The Morgan fingerprint density at radius 2 is 1.95 bits per heavy atom. The quantitative estimate of drug-likeness (QED) is 0.818. The zero-order chi connectivity index (χ0) is 13.5. The van der Waals surface area contributed by atoms with Crippen molar-refractivity contribution in [3.8, 4) is 5.75 Å². The lowest BCUT2D eigenvalue weighted by Crippen LogP contribution is -2.51. The van der Waals surface area contributed by atoms with Gasteiger partial charge in [0.1, 0.15) is 5.75 Å². The van der Waals surface area contributed by atoms with E-state index in [4.69, 9.17) is 4.74 Å². The highest BCUT2D eigenvalue weighted by Gasteiger charge is 2.49. The number of likely N-dealkylation sites (tertiary alicyclic amines) is 1. The van der Waals surface area contributed by atoms with Gasteiger partial charge in [-0.1, -0.05) is 26.0 Å². The molecule has 3 rings (SSSR count). The monoisotopic (exact) mass is 259 g/mol. The Labute approximate surface area is 114 Å². The number of nitrogens with zero attached hydrogens (tertiary/aromatic N) is 1. The first-order valence-corrected chi connectivity index (χ1v) is 7.16. The van der Waals surface area contributed by atoms with Gasteiger partial charge < -0.3 is 9.64 Å². The van der Waals surface area contributed by atoms with E-state index >= 15 is 0 Å². The molecule has 1 aromatic rings. The number of fused-ring (bicyclic) bond motifs is 1. The van der Waals surface area contributed by atoms with Gasteiger partial charge in [0.25, 0.3) is 0 Å². The van der Waals surface area contributed by atoms with Crippen LogP contribution >= 0.6 is 0 Å². The second kappa shape index (κ2) is 4.64. The van der Waals surface area contributed by atoms with Gasteiger partial charge in [-0.05, 0) is 18.1 Å². The lowest BCUT2D eigenvalue weighted by Gasteiger charge is -2.38. The van der Waals surface area contributed by atoms with E-state index in [0.29, 0.717) is 5.92 Å². The molecule has 3 heteroatoms. The van der Waals surface area contributed by atoms with Crippen LogP contribution in [0.15, 0.2) is 24.3 Å². The molecule has 2 heterocycles. The molecule has 19 heavy (non-hydrogen) atoms. The van der Waals surface area contributed by atoms with E-state index in [1.54, 1.807) is 0 Å². The van der Waals surface area contributed by atoms with Crippen molar-refractivity contribution in [2.24, 2.45) is 5.92 Å². The summed E-state index contributed by atoms with van der Waals surface area (Å²) in [4.78, 5) is 15.0. The fourth-order valence-electron chi connectivity index (χ4n) is 3.19. The number of benzene rings is 1. The average molecular weight is 259 g/mol. The summed E-state index contributed by atoms with van der Waals surface area (Å²) in [6.45, 7) is 7.49. The van der Waals surface area contributed by atoms with Crippen molar-refractivity contribution in [1.82, 2.24) is 4.90 Å². The first-order valence-electron chi connectivity index (χ1n) is 7.16. The summed E-state index contributed by atoms with van der Waals surface area (Å²) in [5.74, 6) is 1.63. The second-order valence-electron chi connectivity index (χ2n) is 6.12. The van der Waals surface area contributed by atoms with Crippen LogP contribution in [0.25, 0.3) is 0 Å². The maximum Gasteiger partial charge on any atom is 0.210 e. The van der Waals surface area contributed by atoms with Crippen LogP contribution in [0.2, 0.25) is 0 Å². The largest absolute Gasteiger partial charge is 0.478 e. The van der Waals surface area contributed by atoms with Crippen molar-refractivity contribution in [2.75, 3.05) is 19.6 Å². The number of ether oxygens (including phenoxy) is 1. The number of carbonyl (C=O) groups is 1. The maximum absolute atomic E-state index is 12.6. The first-order chi connectivity index (χ1) is 9.11.